The fourth-order valence-electron chi connectivity index (χ4n) is 1.87. The van der Waals surface area contributed by atoms with Gasteiger partial charge in [-0.1, -0.05) is 13.8 Å². The Labute approximate surface area is 97.3 Å². The number of hydrogen-bond donors (Lipinski definition) is 2. The lowest BCUT2D eigenvalue weighted by atomic mass is 9.90. The smallest absolute Gasteiger partial charge is 0.211 e. The van der Waals surface area contributed by atoms with Crippen LogP contribution in [0.1, 0.15) is 27.2 Å². The van der Waals surface area contributed by atoms with Crippen LogP contribution in [0, 0.1) is 0 Å². The van der Waals surface area contributed by atoms with Crippen LogP contribution in [-0.2, 0) is 4.79 Å². The van der Waals surface area contributed by atoms with Gasteiger partial charge >= 0.3 is 0 Å². The van der Waals surface area contributed by atoms with Crippen molar-refractivity contribution in [3.8, 4) is 0 Å². The van der Waals surface area contributed by atoms with Gasteiger partial charge in [-0.3, -0.25) is 4.79 Å². The summed E-state index contributed by atoms with van der Waals surface area (Å²) in [5.41, 5.74) is 1.39. The van der Waals surface area contributed by atoms with E-state index in [1.807, 2.05) is 0 Å². The SMILES string of the molecule is CCN(CC)CCCNC1=C(C)C(O)C1=O. The molecule has 0 aliphatic heterocycles. The van der Waals surface area contributed by atoms with Crippen molar-refractivity contribution in [2.45, 2.75) is 33.3 Å². The number of nitrogens with zero attached hydrogens (tertiary/aromatic N) is 1. The van der Waals surface area contributed by atoms with Gasteiger partial charge in [-0.25, -0.2) is 0 Å². The minimum absolute atomic E-state index is 0.166. The second-order valence-electron chi connectivity index (χ2n) is 4.13. The topological polar surface area (TPSA) is 52.6 Å². The third-order valence-corrected chi connectivity index (χ3v) is 3.15. The highest BCUT2D eigenvalue weighted by Gasteiger charge is 2.34. The Morgan fingerprint density at radius 2 is 2.00 bits per heavy atom. The Bertz CT molecular complexity index is 283. The van der Waals surface area contributed by atoms with Crippen LogP contribution in [0.5, 0.6) is 0 Å². The largest absolute Gasteiger partial charge is 0.382 e. The molecular weight excluding hydrogens is 204 g/mol. The molecule has 4 heteroatoms. The fraction of sp³-hybridized carbons (Fsp3) is 0.750. The lowest BCUT2D eigenvalue weighted by Gasteiger charge is -2.26. The zero-order valence-electron chi connectivity index (χ0n) is 10.4. The van der Waals surface area contributed by atoms with E-state index in [2.05, 4.69) is 24.1 Å². The van der Waals surface area contributed by atoms with Gasteiger partial charge < -0.3 is 15.3 Å². The molecule has 0 bridgehead atoms. The second-order valence-corrected chi connectivity index (χ2v) is 4.13. The van der Waals surface area contributed by atoms with Gasteiger partial charge in [0, 0.05) is 6.54 Å². The Balaban J connectivity index is 2.20. The summed E-state index contributed by atoms with van der Waals surface area (Å²) in [5, 5.41) is 12.3. The first-order chi connectivity index (χ1) is 7.61. The monoisotopic (exact) mass is 226 g/mol. The number of Topliss-reactive ketones (excluding diaryl/α,β-unsaturated/α-hetero) is 1. The number of aliphatic hydroxyl groups excluding tert-OH is 1. The van der Waals surface area contributed by atoms with E-state index in [1.54, 1.807) is 6.92 Å². The molecule has 0 aromatic heterocycles. The number of rotatable bonds is 7. The molecule has 1 aliphatic carbocycles. The van der Waals surface area contributed by atoms with Gasteiger partial charge in [0.05, 0.1) is 5.70 Å². The number of carbonyl (C=O) groups is 1. The van der Waals surface area contributed by atoms with E-state index in [0.717, 1.165) is 38.2 Å². The first-order valence-electron chi connectivity index (χ1n) is 6.01. The highest BCUT2D eigenvalue weighted by atomic mass is 16.3. The molecule has 1 aliphatic rings. The lowest BCUT2D eigenvalue weighted by Crippen LogP contribution is -2.42. The van der Waals surface area contributed by atoms with Gasteiger partial charge in [0.1, 0.15) is 6.10 Å². The highest BCUT2D eigenvalue weighted by Crippen LogP contribution is 2.21. The van der Waals surface area contributed by atoms with Crippen LogP contribution >= 0.6 is 0 Å². The van der Waals surface area contributed by atoms with Gasteiger partial charge in [-0.05, 0) is 38.6 Å². The van der Waals surface area contributed by atoms with Crippen molar-refractivity contribution >= 4 is 5.78 Å². The van der Waals surface area contributed by atoms with Crippen LogP contribution in [0.2, 0.25) is 0 Å². The third kappa shape index (κ3) is 2.83. The first kappa shape index (κ1) is 13.2. The predicted octanol–water partition coefficient (Wildman–Crippen LogP) is 0.525. The molecule has 0 saturated heterocycles. The molecule has 0 fully saturated rings. The molecule has 0 heterocycles. The van der Waals surface area contributed by atoms with E-state index in [1.165, 1.54) is 0 Å². The number of nitrogens with one attached hydrogen (secondary N) is 1. The van der Waals surface area contributed by atoms with Crippen molar-refractivity contribution < 1.29 is 9.90 Å². The molecule has 1 rings (SSSR count). The maximum atomic E-state index is 11.2. The number of hydrogen-bond acceptors (Lipinski definition) is 4. The average molecular weight is 226 g/mol. The van der Waals surface area contributed by atoms with Gasteiger partial charge in [0.2, 0.25) is 5.78 Å². The molecule has 0 spiro atoms. The van der Waals surface area contributed by atoms with E-state index < -0.39 is 6.10 Å². The highest BCUT2D eigenvalue weighted by molar-refractivity contribution is 6.07. The summed E-state index contributed by atoms with van der Waals surface area (Å²) >= 11 is 0. The predicted molar refractivity (Wildman–Crippen MR) is 64.1 cm³/mol. The van der Waals surface area contributed by atoms with Crippen LogP contribution in [0.4, 0.5) is 0 Å². The summed E-state index contributed by atoms with van der Waals surface area (Å²) < 4.78 is 0. The summed E-state index contributed by atoms with van der Waals surface area (Å²) in [6, 6.07) is 0. The van der Waals surface area contributed by atoms with Crippen molar-refractivity contribution in [1.29, 1.82) is 0 Å². The summed E-state index contributed by atoms with van der Waals surface area (Å²) in [5.74, 6) is -0.166. The molecule has 2 N–H and O–H groups in total. The van der Waals surface area contributed by atoms with Crippen LogP contribution < -0.4 is 5.32 Å². The fourth-order valence-corrected chi connectivity index (χ4v) is 1.87. The zero-order chi connectivity index (χ0) is 12.1. The van der Waals surface area contributed by atoms with Crippen molar-refractivity contribution in [1.82, 2.24) is 10.2 Å². The third-order valence-electron chi connectivity index (χ3n) is 3.15. The second kappa shape index (κ2) is 6.01. The molecule has 1 atom stereocenters. The lowest BCUT2D eigenvalue weighted by molar-refractivity contribution is -0.125. The standard InChI is InChI=1S/C12H22N2O2/c1-4-14(5-2)8-6-7-13-10-9(3)11(15)12(10)16/h11,13,15H,4-8H2,1-3H3. The van der Waals surface area contributed by atoms with E-state index in [4.69, 9.17) is 0 Å². The maximum Gasteiger partial charge on any atom is 0.211 e. The van der Waals surface area contributed by atoms with Crippen molar-refractivity contribution in [2.24, 2.45) is 0 Å². The summed E-state index contributed by atoms with van der Waals surface area (Å²) in [7, 11) is 0. The van der Waals surface area contributed by atoms with Gasteiger partial charge in [-0.15, -0.1) is 0 Å². The first-order valence-corrected chi connectivity index (χ1v) is 6.01. The van der Waals surface area contributed by atoms with Crippen LogP contribution in [-0.4, -0.2) is 48.1 Å². The zero-order valence-corrected chi connectivity index (χ0v) is 10.4. The molecule has 4 nitrogen and oxygen atoms in total. The van der Waals surface area contributed by atoms with Crippen molar-refractivity contribution in [3.05, 3.63) is 11.3 Å². The molecule has 0 radical (unpaired) electrons. The normalized spacial score (nSPS) is 20.3. The molecule has 16 heavy (non-hydrogen) atoms. The molecular formula is C12H22N2O2. The van der Waals surface area contributed by atoms with Crippen molar-refractivity contribution in [2.75, 3.05) is 26.2 Å². The minimum atomic E-state index is -0.856. The molecule has 0 saturated carbocycles. The van der Waals surface area contributed by atoms with E-state index in [-0.39, 0.29) is 5.78 Å². The van der Waals surface area contributed by atoms with E-state index in [0.29, 0.717) is 5.70 Å². The quantitative estimate of drug-likeness (QED) is 0.622. The van der Waals surface area contributed by atoms with E-state index in [9.17, 15) is 9.90 Å². The molecule has 0 aromatic carbocycles. The average Bonchev–Trinajstić information content (AvgIpc) is 2.32. The molecule has 1 unspecified atom stereocenters. The van der Waals surface area contributed by atoms with Crippen LogP contribution in [0.25, 0.3) is 0 Å². The Morgan fingerprint density at radius 1 is 1.38 bits per heavy atom. The Morgan fingerprint density at radius 3 is 2.50 bits per heavy atom. The van der Waals surface area contributed by atoms with Gasteiger partial charge in [0.15, 0.2) is 0 Å². The summed E-state index contributed by atoms with van der Waals surface area (Å²) in [6.45, 7) is 10.1. The molecule has 92 valence electrons. The number of aliphatic hydroxyl groups is 1. The van der Waals surface area contributed by atoms with Gasteiger partial charge in [0.25, 0.3) is 0 Å². The minimum Gasteiger partial charge on any atom is -0.382 e. The Kier molecular flexibility index (Phi) is 4.96. The summed E-state index contributed by atoms with van der Waals surface area (Å²) in [4.78, 5) is 13.6. The molecule has 0 amide bonds. The maximum absolute atomic E-state index is 11.2. The van der Waals surface area contributed by atoms with Gasteiger partial charge in [-0.2, -0.15) is 0 Å². The number of carbonyl (C=O) groups excluding carboxylic acids is 1. The van der Waals surface area contributed by atoms with Crippen LogP contribution in [0.15, 0.2) is 11.3 Å². The van der Waals surface area contributed by atoms with Crippen LogP contribution in [0.3, 0.4) is 0 Å². The van der Waals surface area contributed by atoms with E-state index >= 15 is 0 Å². The molecule has 0 aromatic rings. The van der Waals surface area contributed by atoms with Crippen molar-refractivity contribution in [3.63, 3.8) is 0 Å². The number of ketones is 1. The Hall–Kier alpha value is -0.870. The summed E-state index contributed by atoms with van der Waals surface area (Å²) in [6.07, 6.45) is 0.159.